The van der Waals surface area contributed by atoms with Crippen molar-refractivity contribution in [3.63, 3.8) is 0 Å². The highest BCUT2D eigenvalue weighted by molar-refractivity contribution is 5.35. The van der Waals surface area contributed by atoms with Gasteiger partial charge in [-0.15, -0.1) is 0 Å². The van der Waals surface area contributed by atoms with E-state index in [1.807, 2.05) is 0 Å². The molecule has 0 saturated heterocycles. The van der Waals surface area contributed by atoms with Crippen molar-refractivity contribution >= 4 is 0 Å². The van der Waals surface area contributed by atoms with E-state index in [-0.39, 0.29) is 0 Å². The molecule has 2 aliphatic rings. The molecule has 1 aromatic carbocycles. The van der Waals surface area contributed by atoms with Crippen LogP contribution in [0.1, 0.15) is 62.6 Å². The first-order chi connectivity index (χ1) is 8.96. The van der Waals surface area contributed by atoms with Crippen molar-refractivity contribution in [1.29, 1.82) is 0 Å². The van der Waals surface area contributed by atoms with Crippen LogP contribution in [0, 0.1) is 5.41 Å². The Morgan fingerprint density at radius 1 is 1.00 bits per heavy atom. The Morgan fingerprint density at radius 3 is 2.42 bits per heavy atom. The van der Waals surface area contributed by atoms with Gasteiger partial charge in [0.1, 0.15) is 0 Å². The molecule has 1 fully saturated rings. The summed E-state index contributed by atoms with van der Waals surface area (Å²) in [6.07, 6.45) is 8.83. The van der Waals surface area contributed by atoms with Gasteiger partial charge in [-0.1, -0.05) is 32.0 Å². The molecule has 1 saturated carbocycles. The van der Waals surface area contributed by atoms with Crippen molar-refractivity contribution in [3.8, 4) is 0 Å². The van der Waals surface area contributed by atoms with Crippen LogP contribution >= 0.6 is 0 Å². The molecule has 0 amide bonds. The summed E-state index contributed by atoms with van der Waals surface area (Å²) < 4.78 is 0. The Morgan fingerprint density at radius 2 is 1.68 bits per heavy atom. The standard InChI is InChI=1S/C18H26O/c1-17(2)8-10-18(19,11-9-17)13-14-6-7-15-4-3-5-16(15)12-14/h6-7,12,19H,3-5,8-11,13H2,1-2H3. The fourth-order valence-corrected chi connectivity index (χ4v) is 3.68. The average Bonchev–Trinajstić information content (AvgIpc) is 2.81. The van der Waals surface area contributed by atoms with Crippen molar-refractivity contribution in [2.24, 2.45) is 5.41 Å². The van der Waals surface area contributed by atoms with Crippen LogP contribution in [0.2, 0.25) is 0 Å². The van der Waals surface area contributed by atoms with Gasteiger partial charge in [-0.2, -0.15) is 0 Å². The molecule has 0 aromatic heterocycles. The van der Waals surface area contributed by atoms with E-state index >= 15 is 0 Å². The highest BCUT2D eigenvalue weighted by atomic mass is 16.3. The molecule has 1 nitrogen and oxygen atoms in total. The van der Waals surface area contributed by atoms with E-state index in [4.69, 9.17) is 0 Å². The van der Waals surface area contributed by atoms with Crippen LogP contribution < -0.4 is 0 Å². The summed E-state index contributed by atoms with van der Waals surface area (Å²) in [4.78, 5) is 0. The lowest BCUT2D eigenvalue weighted by molar-refractivity contribution is -0.0251. The van der Waals surface area contributed by atoms with Gasteiger partial charge < -0.3 is 5.11 Å². The number of rotatable bonds is 2. The smallest absolute Gasteiger partial charge is 0.0688 e. The lowest BCUT2D eigenvalue weighted by Crippen LogP contribution is -2.38. The second kappa shape index (κ2) is 4.63. The Kier molecular flexibility index (Phi) is 3.21. The molecule has 0 spiro atoms. The predicted octanol–water partition coefficient (Wildman–Crippen LogP) is 4.05. The van der Waals surface area contributed by atoms with E-state index in [2.05, 4.69) is 32.0 Å². The van der Waals surface area contributed by atoms with E-state index in [1.165, 1.54) is 36.0 Å². The van der Waals surface area contributed by atoms with Crippen LogP contribution in [0.15, 0.2) is 18.2 Å². The van der Waals surface area contributed by atoms with Crippen LogP contribution in [0.3, 0.4) is 0 Å². The lowest BCUT2D eigenvalue weighted by atomic mass is 9.69. The summed E-state index contributed by atoms with van der Waals surface area (Å²) in [5.74, 6) is 0. The van der Waals surface area contributed by atoms with E-state index in [1.54, 1.807) is 0 Å². The Balaban J connectivity index is 1.71. The lowest BCUT2D eigenvalue weighted by Gasteiger charge is -2.40. The van der Waals surface area contributed by atoms with Crippen LogP contribution in [-0.4, -0.2) is 10.7 Å². The molecule has 0 unspecified atom stereocenters. The summed E-state index contributed by atoms with van der Waals surface area (Å²) in [5.41, 5.74) is 4.35. The summed E-state index contributed by atoms with van der Waals surface area (Å²) >= 11 is 0. The van der Waals surface area contributed by atoms with Gasteiger partial charge in [-0.25, -0.2) is 0 Å². The third-order valence-electron chi connectivity index (χ3n) is 5.23. The SMILES string of the molecule is CC1(C)CCC(O)(Cc2ccc3c(c2)CCC3)CC1. The van der Waals surface area contributed by atoms with Gasteiger partial charge in [-0.05, 0) is 67.1 Å². The maximum absolute atomic E-state index is 10.8. The van der Waals surface area contributed by atoms with Crippen molar-refractivity contribution in [1.82, 2.24) is 0 Å². The normalized spacial score (nSPS) is 24.2. The maximum Gasteiger partial charge on any atom is 0.0688 e. The van der Waals surface area contributed by atoms with Gasteiger partial charge in [0.15, 0.2) is 0 Å². The topological polar surface area (TPSA) is 20.2 Å². The molecule has 1 N–H and O–H groups in total. The van der Waals surface area contributed by atoms with Gasteiger partial charge in [0, 0.05) is 6.42 Å². The minimum absolute atomic E-state index is 0.421. The first-order valence-corrected chi connectivity index (χ1v) is 7.79. The maximum atomic E-state index is 10.8. The Bertz CT molecular complexity index is 463. The molecule has 0 atom stereocenters. The van der Waals surface area contributed by atoms with Gasteiger partial charge in [0.25, 0.3) is 0 Å². The molecular weight excluding hydrogens is 232 g/mol. The quantitative estimate of drug-likeness (QED) is 0.848. The Hall–Kier alpha value is -0.820. The molecule has 1 aromatic rings. The highest BCUT2D eigenvalue weighted by Gasteiger charge is 2.36. The van der Waals surface area contributed by atoms with Crippen molar-refractivity contribution in [3.05, 3.63) is 34.9 Å². The summed E-state index contributed by atoms with van der Waals surface area (Å²) in [6.45, 7) is 4.64. The van der Waals surface area contributed by atoms with Gasteiger partial charge in [0.05, 0.1) is 5.60 Å². The van der Waals surface area contributed by atoms with Crippen molar-refractivity contribution in [2.45, 2.75) is 70.8 Å². The average molecular weight is 258 g/mol. The molecule has 0 radical (unpaired) electrons. The number of hydrogen-bond donors (Lipinski definition) is 1. The van der Waals surface area contributed by atoms with Gasteiger partial charge in [-0.3, -0.25) is 0 Å². The van der Waals surface area contributed by atoms with Crippen molar-refractivity contribution < 1.29 is 5.11 Å². The monoisotopic (exact) mass is 258 g/mol. The summed E-state index contributed by atoms with van der Waals surface area (Å²) in [6, 6.07) is 6.87. The number of aryl methyl sites for hydroxylation is 2. The minimum Gasteiger partial charge on any atom is -0.390 e. The zero-order valence-corrected chi connectivity index (χ0v) is 12.3. The predicted molar refractivity (Wildman–Crippen MR) is 79.4 cm³/mol. The van der Waals surface area contributed by atoms with E-state index in [0.717, 1.165) is 32.1 Å². The first-order valence-electron chi connectivity index (χ1n) is 7.79. The third-order valence-corrected chi connectivity index (χ3v) is 5.23. The molecule has 19 heavy (non-hydrogen) atoms. The molecule has 104 valence electrons. The third kappa shape index (κ3) is 2.86. The first kappa shape index (κ1) is 13.2. The van der Waals surface area contributed by atoms with Crippen LogP contribution in [0.5, 0.6) is 0 Å². The number of benzene rings is 1. The van der Waals surface area contributed by atoms with Gasteiger partial charge in [0.2, 0.25) is 0 Å². The molecule has 3 rings (SSSR count). The number of aliphatic hydroxyl groups is 1. The molecule has 0 heterocycles. The minimum atomic E-state index is -0.456. The molecule has 1 heteroatoms. The fourth-order valence-electron chi connectivity index (χ4n) is 3.68. The second-order valence-corrected chi connectivity index (χ2v) is 7.52. The zero-order valence-electron chi connectivity index (χ0n) is 12.3. The summed E-state index contributed by atoms with van der Waals surface area (Å²) in [5, 5.41) is 10.8. The van der Waals surface area contributed by atoms with E-state index < -0.39 is 5.60 Å². The largest absolute Gasteiger partial charge is 0.390 e. The zero-order chi connectivity index (χ0) is 13.5. The van der Waals surface area contributed by atoms with Crippen LogP contribution in [-0.2, 0) is 19.3 Å². The van der Waals surface area contributed by atoms with Gasteiger partial charge >= 0.3 is 0 Å². The van der Waals surface area contributed by atoms with E-state index in [9.17, 15) is 5.11 Å². The van der Waals surface area contributed by atoms with Crippen LogP contribution in [0.4, 0.5) is 0 Å². The van der Waals surface area contributed by atoms with Crippen molar-refractivity contribution in [2.75, 3.05) is 0 Å². The number of fused-ring (bicyclic) bond motifs is 1. The molecule has 2 aliphatic carbocycles. The summed E-state index contributed by atoms with van der Waals surface area (Å²) in [7, 11) is 0. The van der Waals surface area contributed by atoms with Crippen LogP contribution in [0.25, 0.3) is 0 Å². The fraction of sp³-hybridized carbons (Fsp3) is 0.667. The molecular formula is C18H26O. The molecule has 0 bridgehead atoms. The highest BCUT2D eigenvalue weighted by Crippen LogP contribution is 2.41. The second-order valence-electron chi connectivity index (χ2n) is 7.52. The van der Waals surface area contributed by atoms with E-state index in [0.29, 0.717) is 5.41 Å². The number of hydrogen-bond acceptors (Lipinski definition) is 1. The molecule has 0 aliphatic heterocycles. The Labute approximate surface area is 117 Å².